The molecule has 0 radical (unpaired) electrons. The van der Waals surface area contributed by atoms with Crippen LogP contribution in [-0.2, 0) is 0 Å². The normalized spacial score (nSPS) is 10.3. The van der Waals surface area contributed by atoms with Crippen LogP contribution in [0.5, 0.6) is 11.5 Å². The van der Waals surface area contributed by atoms with Crippen molar-refractivity contribution in [1.29, 1.82) is 0 Å². The Morgan fingerprint density at radius 1 is 1.26 bits per heavy atom. The minimum Gasteiger partial charge on any atom is -0.478 e. The number of benzene rings is 2. The van der Waals surface area contributed by atoms with E-state index in [1.807, 2.05) is 13.0 Å². The van der Waals surface area contributed by atoms with Gasteiger partial charge in [0.2, 0.25) is 0 Å². The van der Waals surface area contributed by atoms with Crippen LogP contribution in [0.3, 0.4) is 0 Å². The fraction of sp³-hybridized carbons (Fsp3) is 0.0714. The second-order valence-corrected chi connectivity index (χ2v) is 5.22. The lowest BCUT2D eigenvalue weighted by molar-refractivity contribution is 0.0693. The number of carbonyl (C=O) groups is 1. The zero-order chi connectivity index (χ0) is 14.0. The molecule has 0 unspecified atom stereocenters. The van der Waals surface area contributed by atoms with Crippen LogP contribution in [0.25, 0.3) is 0 Å². The maximum absolute atomic E-state index is 11.2. The topological polar surface area (TPSA) is 46.5 Å². The van der Waals surface area contributed by atoms with Crippen LogP contribution in [0.2, 0.25) is 5.02 Å². The van der Waals surface area contributed by atoms with Crippen molar-refractivity contribution in [2.45, 2.75) is 6.92 Å². The molecule has 3 nitrogen and oxygen atoms in total. The molecule has 98 valence electrons. The van der Waals surface area contributed by atoms with Gasteiger partial charge in [-0.25, -0.2) is 4.79 Å². The van der Waals surface area contributed by atoms with Crippen molar-refractivity contribution in [1.82, 2.24) is 0 Å². The maximum Gasteiger partial charge on any atom is 0.340 e. The van der Waals surface area contributed by atoms with Crippen LogP contribution in [0, 0.1) is 6.92 Å². The summed E-state index contributed by atoms with van der Waals surface area (Å²) in [6.45, 7) is 1.91. The first-order valence-corrected chi connectivity index (χ1v) is 6.62. The molecule has 0 aliphatic rings. The van der Waals surface area contributed by atoms with E-state index in [9.17, 15) is 9.90 Å². The van der Waals surface area contributed by atoms with Gasteiger partial charge in [0.25, 0.3) is 0 Å². The van der Waals surface area contributed by atoms with Crippen LogP contribution in [0.15, 0.2) is 40.9 Å². The molecule has 0 aliphatic carbocycles. The second-order valence-electron chi connectivity index (χ2n) is 3.95. The fourth-order valence-electron chi connectivity index (χ4n) is 1.60. The third-order valence-corrected chi connectivity index (χ3v) is 3.45. The molecule has 5 heteroatoms. The van der Waals surface area contributed by atoms with E-state index in [-0.39, 0.29) is 11.3 Å². The molecule has 2 aromatic carbocycles. The summed E-state index contributed by atoms with van der Waals surface area (Å²) in [6.07, 6.45) is 0. The largest absolute Gasteiger partial charge is 0.478 e. The Kier molecular flexibility index (Phi) is 4.12. The predicted octanol–water partition coefficient (Wildman–Crippen LogP) is 4.90. The molecule has 0 saturated heterocycles. The quantitative estimate of drug-likeness (QED) is 0.863. The first-order valence-electron chi connectivity index (χ1n) is 5.45. The van der Waals surface area contributed by atoms with Crippen molar-refractivity contribution in [3.8, 4) is 11.5 Å². The summed E-state index contributed by atoms with van der Waals surface area (Å²) in [7, 11) is 0. The van der Waals surface area contributed by atoms with Crippen molar-refractivity contribution in [2.24, 2.45) is 0 Å². The van der Waals surface area contributed by atoms with E-state index in [4.69, 9.17) is 16.3 Å². The highest BCUT2D eigenvalue weighted by Gasteiger charge is 2.16. The SMILES string of the molecule is Cc1ccc(Oc2cccc(Br)c2C(=O)O)c(Cl)c1. The third kappa shape index (κ3) is 3.08. The molecule has 0 aliphatic heterocycles. The van der Waals surface area contributed by atoms with Crippen LogP contribution in [-0.4, -0.2) is 11.1 Å². The standard InChI is InChI=1S/C14H10BrClO3/c1-8-5-6-11(10(16)7-8)19-12-4-2-3-9(15)13(12)14(17)18/h2-7H,1H3,(H,17,18). The lowest BCUT2D eigenvalue weighted by Crippen LogP contribution is -2.01. The van der Waals surface area contributed by atoms with Crippen LogP contribution >= 0.6 is 27.5 Å². The number of carboxylic acids is 1. The molecule has 2 aromatic rings. The number of ether oxygens (including phenoxy) is 1. The molecule has 19 heavy (non-hydrogen) atoms. The molecule has 0 atom stereocenters. The molecule has 0 spiro atoms. The molecule has 0 heterocycles. The van der Waals surface area contributed by atoms with Gasteiger partial charge < -0.3 is 9.84 Å². The molecule has 2 rings (SSSR count). The minimum absolute atomic E-state index is 0.0686. The monoisotopic (exact) mass is 340 g/mol. The Labute approximate surface area is 123 Å². The summed E-state index contributed by atoms with van der Waals surface area (Å²) in [5.41, 5.74) is 1.07. The van der Waals surface area contributed by atoms with Crippen molar-refractivity contribution >= 4 is 33.5 Å². The Hall–Kier alpha value is -1.52. The van der Waals surface area contributed by atoms with Crippen LogP contribution in [0.1, 0.15) is 15.9 Å². The van der Waals surface area contributed by atoms with Crippen molar-refractivity contribution in [2.75, 3.05) is 0 Å². The van der Waals surface area contributed by atoms with Gasteiger partial charge in [-0.15, -0.1) is 0 Å². The smallest absolute Gasteiger partial charge is 0.340 e. The minimum atomic E-state index is -1.06. The molecular weight excluding hydrogens is 332 g/mol. The van der Waals surface area contributed by atoms with Gasteiger partial charge in [-0.2, -0.15) is 0 Å². The summed E-state index contributed by atoms with van der Waals surface area (Å²) in [5, 5.41) is 9.64. The molecule has 1 N–H and O–H groups in total. The number of hydrogen-bond donors (Lipinski definition) is 1. The van der Waals surface area contributed by atoms with Gasteiger partial charge in [-0.3, -0.25) is 0 Å². The van der Waals surface area contributed by atoms with E-state index >= 15 is 0 Å². The van der Waals surface area contributed by atoms with Gasteiger partial charge in [0.15, 0.2) is 0 Å². The lowest BCUT2D eigenvalue weighted by atomic mass is 10.2. The Morgan fingerprint density at radius 2 is 2.00 bits per heavy atom. The number of hydrogen-bond acceptors (Lipinski definition) is 2. The van der Waals surface area contributed by atoms with Gasteiger partial charge in [-0.05, 0) is 52.7 Å². The summed E-state index contributed by atoms with van der Waals surface area (Å²) in [6, 6.07) is 10.3. The first kappa shape index (κ1) is 13.9. The van der Waals surface area contributed by atoms with Crippen molar-refractivity contribution in [3.05, 3.63) is 57.0 Å². The van der Waals surface area contributed by atoms with E-state index in [1.165, 1.54) is 0 Å². The molecule has 0 amide bonds. The average molecular weight is 342 g/mol. The van der Waals surface area contributed by atoms with Crippen molar-refractivity contribution in [3.63, 3.8) is 0 Å². The molecule has 0 bridgehead atoms. The number of aromatic carboxylic acids is 1. The fourth-order valence-corrected chi connectivity index (χ4v) is 2.40. The molecule has 0 fully saturated rings. The zero-order valence-corrected chi connectivity index (χ0v) is 12.3. The summed E-state index contributed by atoms with van der Waals surface area (Å²) >= 11 is 9.26. The summed E-state index contributed by atoms with van der Waals surface area (Å²) in [4.78, 5) is 11.2. The lowest BCUT2D eigenvalue weighted by Gasteiger charge is -2.11. The molecule has 0 aromatic heterocycles. The highest BCUT2D eigenvalue weighted by Crippen LogP contribution is 2.34. The zero-order valence-electron chi connectivity index (χ0n) is 9.98. The van der Waals surface area contributed by atoms with Crippen LogP contribution < -0.4 is 4.74 Å². The second kappa shape index (κ2) is 5.63. The Bertz CT molecular complexity index is 641. The predicted molar refractivity (Wildman–Crippen MR) is 77.4 cm³/mol. The number of halogens is 2. The Balaban J connectivity index is 2.44. The highest BCUT2D eigenvalue weighted by atomic mass is 79.9. The van der Waals surface area contributed by atoms with Crippen molar-refractivity contribution < 1.29 is 14.6 Å². The van der Waals surface area contributed by atoms with E-state index in [1.54, 1.807) is 30.3 Å². The van der Waals surface area contributed by atoms with E-state index in [2.05, 4.69) is 15.9 Å². The average Bonchev–Trinajstić information content (AvgIpc) is 2.32. The summed E-state index contributed by atoms with van der Waals surface area (Å²) < 4.78 is 6.05. The number of aryl methyl sites for hydroxylation is 1. The Morgan fingerprint density at radius 3 is 2.63 bits per heavy atom. The van der Waals surface area contributed by atoms with Gasteiger partial charge in [-0.1, -0.05) is 23.7 Å². The number of carboxylic acid groups (broad SMARTS) is 1. The number of rotatable bonds is 3. The van der Waals surface area contributed by atoms with E-state index in [0.717, 1.165) is 5.56 Å². The maximum atomic E-state index is 11.2. The van der Waals surface area contributed by atoms with Gasteiger partial charge >= 0.3 is 5.97 Å². The van der Waals surface area contributed by atoms with Gasteiger partial charge in [0.1, 0.15) is 17.1 Å². The van der Waals surface area contributed by atoms with Gasteiger partial charge in [0.05, 0.1) is 5.02 Å². The van der Waals surface area contributed by atoms with E-state index < -0.39 is 5.97 Å². The van der Waals surface area contributed by atoms with Gasteiger partial charge in [0, 0.05) is 4.47 Å². The first-order chi connectivity index (χ1) is 8.99. The van der Waals surface area contributed by atoms with Crippen LogP contribution in [0.4, 0.5) is 0 Å². The molecular formula is C14H10BrClO3. The molecule has 0 saturated carbocycles. The third-order valence-electron chi connectivity index (χ3n) is 2.50. The van der Waals surface area contributed by atoms with E-state index in [0.29, 0.717) is 15.2 Å². The highest BCUT2D eigenvalue weighted by molar-refractivity contribution is 9.10. The summed E-state index contributed by atoms with van der Waals surface area (Å²) in [5.74, 6) is -0.397.